The summed E-state index contributed by atoms with van der Waals surface area (Å²) in [5, 5.41) is 8.37. The summed E-state index contributed by atoms with van der Waals surface area (Å²) in [7, 11) is 0. The van der Waals surface area contributed by atoms with Gasteiger partial charge in [0.1, 0.15) is 11.5 Å². The molecule has 4 aliphatic carbocycles. The maximum atomic E-state index is 14.8. The number of carbonyl (C=O) groups is 1. The molecule has 182 valence electrons. The smallest absolute Gasteiger partial charge is 0.272 e. The van der Waals surface area contributed by atoms with Gasteiger partial charge in [-0.05, 0) is 85.1 Å². The standard InChI is InChI=1S/C28H28ClF2N3O/c1-28(2)17-5-3-16(22(28)12-17)14-32-27(35)25-21-8-4-15-11-18(29)6-9-20(15)26(21)34(33-25)24-10-7-19(30)13-23(24)31/h6-7,9-11,13,16-17,22H,3-5,8,12,14H2,1-2H3,(H,32,35). The lowest BCUT2D eigenvalue weighted by Crippen LogP contribution is -2.54. The Labute approximate surface area is 208 Å². The van der Waals surface area contributed by atoms with Crippen LogP contribution < -0.4 is 5.32 Å². The summed E-state index contributed by atoms with van der Waals surface area (Å²) in [4.78, 5) is 13.4. The van der Waals surface area contributed by atoms with Gasteiger partial charge in [-0.15, -0.1) is 0 Å². The molecule has 7 heteroatoms. The SMILES string of the molecule is CC1(C)C2CCC(CNC(=O)c3nn(-c4ccc(F)cc4F)c4c3CCc3cc(Cl)ccc3-4)C1C2. The molecule has 3 fully saturated rings. The average molecular weight is 496 g/mol. The highest BCUT2D eigenvalue weighted by atomic mass is 35.5. The Kier molecular flexibility index (Phi) is 5.29. The summed E-state index contributed by atoms with van der Waals surface area (Å²) < 4.78 is 29.9. The van der Waals surface area contributed by atoms with Crippen molar-refractivity contribution in [2.75, 3.05) is 6.54 Å². The molecule has 35 heavy (non-hydrogen) atoms. The molecule has 0 radical (unpaired) electrons. The van der Waals surface area contributed by atoms with E-state index in [4.69, 9.17) is 11.6 Å². The Morgan fingerprint density at radius 3 is 2.74 bits per heavy atom. The molecule has 2 aromatic carbocycles. The lowest BCUT2D eigenvalue weighted by molar-refractivity contribution is -0.103. The first-order chi connectivity index (χ1) is 16.7. The van der Waals surface area contributed by atoms with Crippen LogP contribution in [-0.2, 0) is 12.8 Å². The van der Waals surface area contributed by atoms with Gasteiger partial charge in [0.25, 0.3) is 5.91 Å². The predicted molar refractivity (Wildman–Crippen MR) is 132 cm³/mol. The normalized spacial score (nSPS) is 23.7. The highest BCUT2D eigenvalue weighted by Crippen LogP contribution is 2.61. The van der Waals surface area contributed by atoms with E-state index in [0.717, 1.165) is 35.1 Å². The van der Waals surface area contributed by atoms with Gasteiger partial charge in [-0.2, -0.15) is 5.10 Å². The van der Waals surface area contributed by atoms with Crippen LogP contribution in [0.1, 0.15) is 54.7 Å². The molecular weight excluding hydrogens is 468 g/mol. The second-order valence-electron chi connectivity index (χ2n) is 10.9. The number of fused-ring (bicyclic) bond motifs is 5. The Hall–Kier alpha value is -2.73. The Morgan fingerprint density at radius 2 is 2.00 bits per heavy atom. The Balaban J connectivity index is 1.37. The summed E-state index contributed by atoms with van der Waals surface area (Å²) in [6.07, 6.45) is 4.91. The first-order valence-electron chi connectivity index (χ1n) is 12.4. The van der Waals surface area contributed by atoms with Gasteiger partial charge in [0.15, 0.2) is 11.5 Å². The van der Waals surface area contributed by atoms with E-state index in [1.54, 1.807) is 6.07 Å². The van der Waals surface area contributed by atoms with Crippen molar-refractivity contribution < 1.29 is 13.6 Å². The molecule has 0 saturated heterocycles. The van der Waals surface area contributed by atoms with E-state index in [1.165, 1.54) is 29.7 Å². The molecule has 0 spiro atoms. The van der Waals surface area contributed by atoms with Crippen molar-refractivity contribution in [1.29, 1.82) is 0 Å². The second-order valence-corrected chi connectivity index (χ2v) is 11.3. The van der Waals surface area contributed by atoms with Crippen LogP contribution in [0.3, 0.4) is 0 Å². The third-order valence-electron chi connectivity index (χ3n) is 8.83. The summed E-state index contributed by atoms with van der Waals surface area (Å²) >= 11 is 6.22. The number of halogens is 3. The van der Waals surface area contributed by atoms with Crippen molar-refractivity contribution in [1.82, 2.24) is 15.1 Å². The van der Waals surface area contributed by atoms with Crippen molar-refractivity contribution in [3.63, 3.8) is 0 Å². The summed E-state index contributed by atoms with van der Waals surface area (Å²) in [5.74, 6) is 0.283. The minimum atomic E-state index is -0.729. The molecule has 3 saturated carbocycles. The maximum Gasteiger partial charge on any atom is 0.272 e. The Morgan fingerprint density at radius 1 is 1.17 bits per heavy atom. The number of aromatic nitrogens is 2. The van der Waals surface area contributed by atoms with Crippen LogP contribution in [0.15, 0.2) is 36.4 Å². The lowest BCUT2D eigenvalue weighted by Gasteiger charge is -2.60. The predicted octanol–water partition coefficient (Wildman–Crippen LogP) is 6.37. The fourth-order valence-corrected chi connectivity index (χ4v) is 6.94. The third kappa shape index (κ3) is 3.60. The second kappa shape index (κ2) is 8.16. The summed E-state index contributed by atoms with van der Waals surface area (Å²) in [6.45, 7) is 5.32. The Bertz CT molecular complexity index is 1350. The highest BCUT2D eigenvalue weighted by molar-refractivity contribution is 6.30. The van der Waals surface area contributed by atoms with Crippen LogP contribution in [0.25, 0.3) is 16.9 Å². The number of hydrogen-bond acceptors (Lipinski definition) is 2. The largest absolute Gasteiger partial charge is 0.350 e. The fourth-order valence-electron chi connectivity index (χ4n) is 6.75. The third-order valence-corrected chi connectivity index (χ3v) is 9.06. The molecule has 3 unspecified atom stereocenters. The molecule has 1 aromatic heterocycles. The van der Waals surface area contributed by atoms with Crippen LogP contribution in [0.5, 0.6) is 0 Å². The van der Waals surface area contributed by atoms with Gasteiger partial charge in [-0.25, -0.2) is 13.5 Å². The summed E-state index contributed by atoms with van der Waals surface area (Å²) in [6, 6.07) is 8.97. The average Bonchev–Trinajstić information content (AvgIpc) is 3.22. The number of nitrogens with one attached hydrogen (secondary N) is 1. The monoisotopic (exact) mass is 495 g/mol. The van der Waals surface area contributed by atoms with Crippen LogP contribution in [-0.4, -0.2) is 22.2 Å². The number of nitrogens with zero attached hydrogens (tertiary/aromatic N) is 2. The molecule has 2 bridgehead atoms. The minimum absolute atomic E-state index is 0.110. The van der Waals surface area contributed by atoms with Crippen LogP contribution >= 0.6 is 11.6 Å². The lowest BCUT2D eigenvalue weighted by atomic mass is 9.45. The van der Waals surface area contributed by atoms with Crippen molar-refractivity contribution in [3.05, 3.63) is 69.9 Å². The van der Waals surface area contributed by atoms with Gasteiger partial charge < -0.3 is 5.32 Å². The molecule has 1 heterocycles. The van der Waals surface area contributed by atoms with E-state index in [1.807, 2.05) is 12.1 Å². The molecule has 7 rings (SSSR count). The number of amides is 1. The van der Waals surface area contributed by atoms with Gasteiger partial charge in [-0.1, -0.05) is 31.5 Å². The fraction of sp³-hybridized carbons (Fsp3) is 0.429. The summed E-state index contributed by atoms with van der Waals surface area (Å²) in [5.41, 5.74) is 4.10. The zero-order valence-corrected chi connectivity index (χ0v) is 20.6. The number of hydrogen-bond donors (Lipinski definition) is 1. The number of benzene rings is 2. The van der Waals surface area contributed by atoms with Crippen LogP contribution in [0.2, 0.25) is 5.02 Å². The molecule has 1 amide bonds. The van der Waals surface area contributed by atoms with Gasteiger partial charge in [0.05, 0.1) is 5.69 Å². The van der Waals surface area contributed by atoms with E-state index >= 15 is 0 Å². The van der Waals surface area contributed by atoms with Crippen molar-refractivity contribution >= 4 is 17.5 Å². The first kappa shape index (κ1) is 22.7. The number of carbonyl (C=O) groups excluding carboxylic acids is 1. The van der Waals surface area contributed by atoms with E-state index < -0.39 is 11.6 Å². The van der Waals surface area contributed by atoms with E-state index in [0.29, 0.717) is 53.0 Å². The zero-order valence-electron chi connectivity index (χ0n) is 19.9. The molecule has 3 aromatic rings. The molecule has 1 N–H and O–H groups in total. The number of rotatable bonds is 4. The zero-order chi connectivity index (χ0) is 24.5. The van der Waals surface area contributed by atoms with Gasteiger partial charge >= 0.3 is 0 Å². The molecule has 4 aliphatic rings. The quantitative estimate of drug-likeness (QED) is 0.457. The topological polar surface area (TPSA) is 46.9 Å². The molecule has 3 atom stereocenters. The minimum Gasteiger partial charge on any atom is -0.350 e. The van der Waals surface area contributed by atoms with E-state index in [-0.39, 0.29) is 11.6 Å². The molecule has 4 nitrogen and oxygen atoms in total. The molecule has 0 aliphatic heterocycles. The number of aryl methyl sites for hydroxylation is 1. The van der Waals surface area contributed by atoms with Crippen LogP contribution in [0.4, 0.5) is 8.78 Å². The van der Waals surface area contributed by atoms with Gasteiger partial charge in [0.2, 0.25) is 0 Å². The van der Waals surface area contributed by atoms with Gasteiger partial charge in [0, 0.05) is 28.8 Å². The van der Waals surface area contributed by atoms with Crippen molar-refractivity contribution in [3.8, 4) is 16.9 Å². The first-order valence-corrected chi connectivity index (χ1v) is 12.8. The van der Waals surface area contributed by atoms with E-state index in [9.17, 15) is 13.6 Å². The molecular formula is C28H28ClF2N3O. The van der Waals surface area contributed by atoms with Crippen molar-refractivity contribution in [2.45, 2.75) is 46.0 Å². The van der Waals surface area contributed by atoms with E-state index in [2.05, 4.69) is 24.3 Å². The van der Waals surface area contributed by atoms with Gasteiger partial charge in [-0.3, -0.25) is 4.79 Å². The van der Waals surface area contributed by atoms with Crippen LogP contribution in [0, 0.1) is 34.8 Å². The highest BCUT2D eigenvalue weighted by Gasteiger charge is 2.54. The maximum absolute atomic E-state index is 14.8. The van der Waals surface area contributed by atoms with Crippen molar-refractivity contribution in [2.24, 2.45) is 23.2 Å².